The van der Waals surface area contributed by atoms with Gasteiger partial charge >= 0.3 is 0 Å². The van der Waals surface area contributed by atoms with Crippen LogP contribution in [0.5, 0.6) is 5.88 Å². The first-order chi connectivity index (χ1) is 13.1. The molecule has 1 fully saturated rings. The number of carbonyl (C=O) groups is 1. The number of ether oxygens (including phenoxy) is 1. The summed E-state index contributed by atoms with van der Waals surface area (Å²) < 4.78 is 6.41. The predicted molar refractivity (Wildman–Crippen MR) is 108 cm³/mol. The van der Waals surface area contributed by atoms with E-state index in [1.165, 1.54) is 6.92 Å². The average molecular weight is 427 g/mol. The van der Waals surface area contributed by atoms with Gasteiger partial charge < -0.3 is 9.84 Å². The molecule has 1 aromatic heterocycles. The first kappa shape index (κ1) is 22.5. The number of hydrogen-bond acceptors (Lipinski definition) is 5. The van der Waals surface area contributed by atoms with Crippen molar-refractivity contribution in [3.63, 3.8) is 0 Å². The molecule has 1 saturated carbocycles. The molecule has 1 aliphatic rings. The number of nitriles is 1. The van der Waals surface area contributed by atoms with E-state index in [9.17, 15) is 20.0 Å². The molecule has 0 saturated heterocycles. The third-order valence-electron chi connectivity index (χ3n) is 5.42. The maximum Gasteiger partial charge on any atom is 0.271 e. The lowest BCUT2D eigenvalue weighted by atomic mass is 9.96. The highest BCUT2D eigenvalue weighted by Crippen LogP contribution is 2.61. The second-order valence-corrected chi connectivity index (χ2v) is 8.47. The Hall–Kier alpha value is -1.81. The number of rotatable bonds is 8. The summed E-state index contributed by atoms with van der Waals surface area (Å²) in [5.74, 6) is -1.38. The van der Waals surface area contributed by atoms with Gasteiger partial charge in [-0.2, -0.15) is 5.26 Å². The molecule has 28 heavy (non-hydrogen) atoms. The normalized spacial score (nSPS) is 19.8. The van der Waals surface area contributed by atoms with Crippen LogP contribution in [0, 0.1) is 35.5 Å². The lowest BCUT2D eigenvalue weighted by molar-refractivity contribution is 0.0945. The molecule has 8 heteroatoms. The van der Waals surface area contributed by atoms with Crippen molar-refractivity contribution < 1.29 is 14.6 Å². The zero-order valence-electron chi connectivity index (χ0n) is 16.4. The van der Waals surface area contributed by atoms with Gasteiger partial charge in [-0.25, -0.2) is 0 Å². The molecule has 0 radical (unpaired) electrons. The number of nitrogens with zero attached hydrogens (tertiary/aromatic N) is 2. The Morgan fingerprint density at radius 1 is 1.43 bits per heavy atom. The van der Waals surface area contributed by atoms with Gasteiger partial charge in [0.2, 0.25) is 5.88 Å². The molecule has 152 valence electrons. The van der Waals surface area contributed by atoms with Crippen LogP contribution in [0.15, 0.2) is 15.4 Å². The molecule has 6 nitrogen and oxygen atoms in total. The smallest absolute Gasteiger partial charge is 0.271 e. The highest BCUT2D eigenvalue weighted by Gasteiger charge is 2.61. The van der Waals surface area contributed by atoms with Gasteiger partial charge in [0, 0.05) is 25.7 Å². The Morgan fingerprint density at radius 2 is 2.07 bits per heavy atom. The molecular formula is C20H24Cl2N2O4. The number of aromatic hydroxyl groups is 1. The van der Waals surface area contributed by atoms with Crippen LogP contribution < -0.4 is 5.56 Å². The Bertz CT molecular complexity index is 908. The van der Waals surface area contributed by atoms with E-state index in [0.717, 1.165) is 4.57 Å². The zero-order chi connectivity index (χ0) is 21.2. The second-order valence-electron chi connectivity index (χ2n) is 7.46. The lowest BCUT2D eigenvalue weighted by Crippen LogP contribution is -2.27. The average Bonchev–Trinajstić information content (AvgIpc) is 3.13. The van der Waals surface area contributed by atoms with Gasteiger partial charge in [-0.05, 0) is 43.2 Å². The molecule has 2 rings (SSSR count). The van der Waals surface area contributed by atoms with Crippen LogP contribution >= 0.6 is 23.2 Å². The molecule has 1 aliphatic carbocycles. The summed E-state index contributed by atoms with van der Waals surface area (Å²) in [5.41, 5.74) is -0.946. The minimum absolute atomic E-state index is 0.00669. The van der Waals surface area contributed by atoms with Crippen LogP contribution in [-0.4, -0.2) is 28.7 Å². The summed E-state index contributed by atoms with van der Waals surface area (Å²) >= 11 is 11.5. The molecule has 1 heterocycles. The molecule has 0 bridgehead atoms. The molecule has 0 amide bonds. The summed E-state index contributed by atoms with van der Waals surface area (Å²) in [6, 6.07) is 1.87. The molecule has 1 N–H and O–H groups in total. The number of ketones is 1. The van der Waals surface area contributed by atoms with E-state index in [2.05, 4.69) is 0 Å². The van der Waals surface area contributed by atoms with Crippen LogP contribution in [0.25, 0.3) is 0 Å². The molecular weight excluding hydrogens is 403 g/mol. The van der Waals surface area contributed by atoms with Crippen LogP contribution in [0.3, 0.4) is 0 Å². The number of aromatic nitrogens is 1. The highest BCUT2D eigenvalue weighted by molar-refractivity contribution is 6.55. The number of allylic oxidation sites excluding steroid dienone is 1. The van der Waals surface area contributed by atoms with Gasteiger partial charge in [-0.3, -0.25) is 14.2 Å². The monoisotopic (exact) mass is 426 g/mol. The Labute approximate surface area is 174 Å². The Kier molecular flexibility index (Phi) is 6.97. The SMILES string of the molecule is CCOCCCn1c(O)c(C(=O)C2C(C=C(Cl)Cl)C2(C)C)c(C)c(C#N)c1=O. The van der Waals surface area contributed by atoms with E-state index in [0.29, 0.717) is 19.6 Å². The standard InChI is InChI=1S/C20H24Cl2N2O4/c1-5-28-8-6-7-24-18(26)12(10-23)11(2)15(19(24)27)17(25)16-13(9-14(21)22)20(16,3)4/h9,13,16,27H,5-8H2,1-4H3. The summed E-state index contributed by atoms with van der Waals surface area (Å²) in [6.45, 7) is 8.26. The van der Waals surface area contributed by atoms with E-state index in [1.54, 1.807) is 6.08 Å². The molecule has 2 atom stereocenters. The van der Waals surface area contributed by atoms with Gasteiger partial charge in [0.25, 0.3) is 5.56 Å². The third kappa shape index (κ3) is 4.12. The van der Waals surface area contributed by atoms with Gasteiger partial charge in [0.1, 0.15) is 16.1 Å². The number of Topliss-reactive ketones (excluding diaryl/α,β-unsaturated/α-hetero) is 1. The van der Waals surface area contributed by atoms with E-state index in [4.69, 9.17) is 27.9 Å². The topological polar surface area (TPSA) is 92.3 Å². The van der Waals surface area contributed by atoms with Crippen molar-refractivity contribution >= 4 is 29.0 Å². The maximum absolute atomic E-state index is 13.2. The fourth-order valence-electron chi connectivity index (χ4n) is 3.70. The first-order valence-corrected chi connectivity index (χ1v) is 9.86. The van der Waals surface area contributed by atoms with Crippen molar-refractivity contribution in [2.75, 3.05) is 13.2 Å². The van der Waals surface area contributed by atoms with Crippen molar-refractivity contribution in [1.82, 2.24) is 4.57 Å². The van der Waals surface area contributed by atoms with Gasteiger partial charge in [0.05, 0.1) is 5.56 Å². The number of pyridine rings is 1. The van der Waals surface area contributed by atoms with Crippen molar-refractivity contribution in [1.29, 1.82) is 5.26 Å². The predicted octanol–water partition coefficient (Wildman–Crippen LogP) is 3.93. The number of carbonyl (C=O) groups excluding carboxylic acids is 1. The summed E-state index contributed by atoms with van der Waals surface area (Å²) in [6.07, 6.45) is 2.08. The summed E-state index contributed by atoms with van der Waals surface area (Å²) in [5, 5.41) is 20.2. The van der Waals surface area contributed by atoms with E-state index in [-0.39, 0.29) is 39.4 Å². The fourth-order valence-corrected chi connectivity index (χ4v) is 3.97. The molecule has 0 aliphatic heterocycles. The molecule has 2 unspecified atom stereocenters. The molecule has 0 spiro atoms. The summed E-state index contributed by atoms with van der Waals surface area (Å²) in [4.78, 5) is 25.8. The van der Waals surface area contributed by atoms with Crippen molar-refractivity contribution in [3.05, 3.63) is 37.6 Å². The van der Waals surface area contributed by atoms with Crippen molar-refractivity contribution in [3.8, 4) is 11.9 Å². The van der Waals surface area contributed by atoms with Gasteiger partial charge in [-0.1, -0.05) is 37.0 Å². The van der Waals surface area contributed by atoms with Crippen molar-refractivity contribution in [2.24, 2.45) is 17.3 Å². The number of hydrogen-bond donors (Lipinski definition) is 1. The Morgan fingerprint density at radius 3 is 2.61 bits per heavy atom. The van der Waals surface area contributed by atoms with E-state index >= 15 is 0 Å². The minimum Gasteiger partial charge on any atom is -0.494 e. The summed E-state index contributed by atoms with van der Waals surface area (Å²) in [7, 11) is 0. The number of halogens is 2. The van der Waals surface area contributed by atoms with Crippen LogP contribution in [0.4, 0.5) is 0 Å². The minimum atomic E-state index is -0.610. The quantitative estimate of drug-likeness (QED) is 0.501. The third-order valence-corrected chi connectivity index (χ3v) is 5.67. The zero-order valence-corrected chi connectivity index (χ0v) is 17.9. The highest BCUT2D eigenvalue weighted by atomic mass is 35.5. The fraction of sp³-hybridized carbons (Fsp3) is 0.550. The molecule has 0 aromatic carbocycles. The van der Waals surface area contributed by atoms with Gasteiger partial charge in [0.15, 0.2) is 5.78 Å². The maximum atomic E-state index is 13.2. The van der Waals surface area contributed by atoms with E-state index < -0.39 is 22.8 Å². The van der Waals surface area contributed by atoms with Crippen LogP contribution in [0.2, 0.25) is 0 Å². The first-order valence-electron chi connectivity index (χ1n) is 9.10. The lowest BCUT2D eigenvalue weighted by Gasteiger charge is -2.16. The van der Waals surface area contributed by atoms with Crippen molar-refractivity contribution in [2.45, 2.75) is 40.7 Å². The second kappa shape index (κ2) is 8.69. The largest absolute Gasteiger partial charge is 0.494 e. The van der Waals surface area contributed by atoms with Gasteiger partial charge in [-0.15, -0.1) is 0 Å². The van der Waals surface area contributed by atoms with E-state index in [1.807, 2.05) is 26.8 Å². The van der Waals surface area contributed by atoms with Crippen LogP contribution in [0.1, 0.15) is 48.7 Å². The Balaban J connectivity index is 2.50. The van der Waals surface area contributed by atoms with Crippen LogP contribution in [-0.2, 0) is 11.3 Å². The molecule has 1 aromatic rings.